The molecule has 0 unspecified atom stereocenters. The van der Waals surface area contributed by atoms with Crippen molar-refractivity contribution in [2.24, 2.45) is 0 Å². The summed E-state index contributed by atoms with van der Waals surface area (Å²) in [6, 6.07) is 6.66. The van der Waals surface area contributed by atoms with Crippen LogP contribution < -0.4 is 10.2 Å². The van der Waals surface area contributed by atoms with Crippen molar-refractivity contribution in [3.05, 3.63) is 29.8 Å². The number of anilines is 1. The highest BCUT2D eigenvalue weighted by Gasteiger charge is 2.18. The lowest BCUT2D eigenvalue weighted by Gasteiger charge is -2.21. The van der Waals surface area contributed by atoms with Crippen molar-refractivity contribution >= 4 is 17.7 Å². The van der Waals surface area contributed by atoms with E-state index in [0.29, 0.717) is 25.4 Å². The number of nitrogens with zero attached hydrogens (tertiary/aromatic N) is 1. The summed E-state index contributed by atoms with van der Waals surface area (Å²) in [6.07, 6.45) is 0. The van der Waals surface area contributed by atoms with Crippen LogP contribution in [0, 0.1) is 6.92 Å². The zero-order valence-corrected chi connectivity index (χ0v) is 11.8. The first-order valence-corrected chi connectivity index (χ1v) is 6.46. The summed E-state index contributed by atoms with van der Waals surface area (Å²) in [5.41, 5.74) is 1.59. The molecule has 0 fully saturated rings. The molecule has 0 aliphatic rings. The molecule has 0 bridgehead atoms. The Hall–Kier alpha value is -2.08. The summed E-state index contributed by atoms with van der Waals surface area (Å²) in [5, 5.41) is 11.5. The second-order valence-corrected chi connectivity index (χ2v) is 4.24. The Morgan fingerprint density at radius 2 is 1.95 bits per heavy atom. The third-order valence-electron chi connectivity index (χ3n) is 2.61. The molecule has 6 nitrogen and oxygen atoms in total. The van der Waals surface area contributed by atoms with Crippen LogP contribution in [0.25, 0.3) is 0 Å². The monoisotopic (exact) mass is 280 g/mol. The lowest BCUT2D eigenvalue weighted by Crippen LogP contribution is -2.44. The van der Waals surface area contributed by atoms with Crippen LogP contribution in [0.3, 0.4) is 0 Å². The molecule has 0 saturated heterocycles. The fraction of sp³-hybridized carbons (Fsp3) is 0.429. The summed E-state index contributed by atoms with van der Waals surface area (Å²) in [4.78, 5) is 24.1. The van der Waals surface area contributed by atoms with E-state index in [1.54, 1.807) is 12.1 Å². The SMILES string of the molecule is CCOCCNC(=O)N(CC(=O)O)c1ccc(C)cc1. The molecule has 0 saturated carbocycles. The van der Waals surface area contributed by atoms with Gasteiger partial charge in [0.15, 0.2) is 0 Å². The molecule has 110 valence electrons. The van der Waals surface area contributed by atoms with Gasteiger partial charge in [-0.25, -0.2) is 4.79 Å². The third kappa shape index (κ3) is 5.27. The molecule has 1 aromatic rings. The van der Waals surface area contributed by atoms with E-state index in [1.807, 2.05) is 26.0 Å². The van der Waals surface area contributed by atoms with Crippen LogP contribution in [-0.2, 0) is 9.53 Å². The number of ether oxygens (including phenoxy) is 1. The highest BCUT2D eigenvalue weighted by atomic mass is 16.5. The number of carboxylic acid groups (broad SMARTS) is 1. The normalized spacial score (nSPS) is 10.1. The van der Waals surface area contributed by atoms with E-state index >= 15 is 0 Å². The van der Waals surface area contributed by atoms with Gasteiger partial charge >= 0.3 is 12.0 Å². The fourth-order valence-electron chi connectivity index (χ4n) is 1.61. The number of carboxylic acids is 1. The number of nitrogens with one attached hydrogen (secondary N) is 1. The van der Waals surface area contributed by atoms with E-state index in [4.69, 9.17) is 9.84 Å². The molecule has 20 heavy (non-hydrogen) atoms. The van der Waals surface area contributed by atoms with Crippen LogP contribution in [0.1, 0.15) is 12.5 Å². The maximum absolute atomic E-state index is 12.0. The quantitative estimate of drug-likeness (QED) is 0.744. The van der Waals surface area contributed by atoms with Crippen molar-refractivity contribution in [2.75, 3.05) is 31.2 Å². The molecular weight excluding hydrogens is 260 g/mol. The number of carbonyl (C=O) groups is 2. The first-order valence-electron chi connectivity index (χ1n) is 6.46. The van der Waals surface area contributed by atoms with Crippen LogP contribution >= 0.6 is 0 Å². The Bertz CT molecular complexity index is 445. The lowest BCUT2D eigenvalue weighted by atomic mass is 10.2. The van der Waals surface area contributed by atoms with Crippen molar-refractivity contribution in [2.45, 2.75) is 13.8 Å². The van der Waals surface area contributed by atoms with Crippen LogP contribution in [0.5, 0.6) is 0 Å². The first-order chi connectivity index (χ1) is 9.54. The van der Waals surface area contributed by atoms with Crippen molar-refractivity contribution in [3.8, 4) is 0 Å². The molecule has 0 radical (unpaired) electrons. The standard InChI is InChI=1S/C14H20N2O4/c1-3-20-9-8-15-14(19)16(10-13(17)18)12-6-4-11(2)5-7-12/h4-7H,3,8-10H2,1-2H3,(H,15,19)(H,17,18). The summed E-state index contributed by atoms with van der Waals surface area (Å²) in [6.45, 7) is 4.72. The number of benzene rings is 1. The molecule has 6 heteroatoms. The van der Waals surface area contributed by atoms with Gasteiger partial charge in [-0.2, -0.15) is 0 Å². The maximum Gasteiger partial charge on any atom is 0.323 e. The average molecular weight is 280 g/mol. The van der Waals surface area contributed by atoms with Crippen molar-refractivity contribution < 1.29 is 19.4 Å². The zero-order valence-electron chi connectivity index (χ0n) is 11.8. The molecule has 0 heterocycles. The van der Waals surface area contributed by atoms with Crippen LogP contribution in [0.15, 0.2) is 24.3 Å². The van der Waals surface area contributed by atoms with Gasteiger partial charge in [0.1, 0.15) is 6.54 Å². The smallest absolute Gasteiger partial charge is 0.323 e. The van der Waals surface area contributed by atoms with E-state index in [2.05, 4.69) is 5.32 Å². The highest BCUT2D eigenvalue weighted by Crippen LogP contribution is 2.15. The van der Waals surface area contributed by atoms with Crippen molar-refractivity contribution in [1.82, 2.24) is 5.32 Å². The molecule has 0 atom stereocenters. The van der Waals surface area contributed by atoms with E-state index in [1.165, 1.54) is 4.90 Å². The molecule has 2 N–H and O–H groups in total. The predicted octanol–water partition coefficient (Wildman–Crippen LogP) is 1.63. The molecule has 1 aromatic carbocycles. The third-order valence-corrected chi connectivity index (χ3v) is 2.61. The highest BCUT2D eigenvalue weighted by molar-refractivity contribution is 5.96. The topological polar surface area (TPSA) is 78.9 Å². The molecule has 0 aromatic heterocycles. The number of hydrogen-bond acceptors (Lipinski definition) is 3. The van der Waals surface area contributed by atoms with E-state index in [0.717, 1.165) is 5.56 Å². The van der Waals surface area contributed by atoms with Gasteiger partial charge in [-0.15, -0.1) is 0 Å². The maximum atomic E-state index is 12.0. The Morgan fingerprint density at radius 1 is 1.30 bits per heavy atom. The lowest BCUT2D eigenvalue weighted by molar-refractivity contribution is -0.135. The summed E-state index contributed by atoms with van der Waals surface area (Å²) in [5.74, 6) is -1.06. The van der Waals surface area contributed by atoms with Gasteiger partial charge in [-0.3, -0.25) is 9.69 Å². The fourth-order valence-corrected chi connectivity index (χ4v) is 1.61. The second kappa shape index (κ2) is 8.16. The summed E-state index contributed by atoms with van der Waals surface area (Å²) < 4.78 is 5.12. The Balaban J connectivity index is 2.70. The number of aliphatic carboxylic acids is 1. The van der Waals surface area contributed by atoms with Gasteiger partial charge in [0.05, 0.1) is 6.61 Å². The number of amides is 2. The van der Waals surface area contributed by atoms with Crippen molar-refractivity contribution in [3.63, 3.8) is 0 Å². The molecule has 2 amide bonds. The molecular formula is C14H20N2O4. The number of aryl methyl sites for hydroxylation is 1. The molecule has 0 aliphatic carbocycles. The number of rotatable bonds is 7. The van der Waals surface area contributed by atoms with E-state index in [-0.39, 0.29) is 6.54 Å². The summed E-state index contributed by atoms with van der Waals surface area (Å²) in [7, 11) is 0. The number of hydrogen-bond donors (Lipinski definition) is 2. The number of urea groups is 1. The minimum Gasteiger partial charge on any atom is -0.480 e. The van der Waals surface area contributed by atoms with Gasteiger partial charge in [0.2, 0.25) is 0 Å². The van der Waals surface area contributed by atoms with Gasteiger partial charge in [-0.05, 0) is 26.0 Å². The molecule has 0 aliphatic heterocycles. The van der Waals surface area contributed by atoms with Gasteiger partial charge in [0, 0.05) is 18.8 Å². The molecule has 1 rings (SSSR count). The Kier molecular flexibility index (Phi) is 6.52. The van der Waals surface area contributed by atoms with Gasteiger partial charge < -0.3 is 15.2 Å². The van der Waals surface area contributed by atoms with Crippen LogP contribution in [0.4, 0.5) is 10.5 Å². The minimum absolute atomic E-state index is 0.342. The van der Waals surface area contributed by atoms with Gasteiger partial charge in [-0.1, -0.05) is 17.7 Å². The zero-order chi connectivity index (χ0) is 15.0. The average Bonchev–Trinajstić information content (AvgIpc) is 2.42. The second-order valence-electron chi connectivity index (χ2n) is 4.24. The minimum atomic E-state index is -1.06. The van der Waals surface area contributed by atoms with Crippen LogP contribution in [0.2, 0.25) is 0 Å². The van der Waals surface area contributed by atoms with Gasteiger partial charge in [0.25, 0.3) is 0 Å². The van der Waals surface area contributed by atoms with E-state index < -0.39 is 12.0 Å². The first kappa shape index (κ1) is 16.0. The van der Waals surface area contributed by atoms with Crippen LogP contribution in [-0.4, -0.2) is 43.4 Å². The largest absolute Gasteiger partial charge is 0.480 e. The Labute approximate surface area is 118 Å². The Morgan fingerprint density at radius 3 is 2.50 bits per heavy atom. The molecule has 0 spiro atoms. The van der Waals surface area contributed by atoms with E-state index in [9.17, 15) is 9.59 Å². The predicted molar refractivity (Wildman–Crippen MR) is 76.1 cm³/mol. The summed E-state index contributed by atoms with van der Waals surface area (Å²) >= 11 is 0. The van der Waals surface area contributed by atoms with Crippen molar-refractivity contribution in [1.29, 1.82) is 0 Å². The number of carbonyl (C=O) groups excluding carboxylic acids is 1.